The molecule has 1 atom stereocenters. The van der Waals surface area contributed by atoms with E-state index in [4.69, 9.17) is 0 Å². The van der Waals surface area contributed by atoms with Gasteiger partial charge in [-0.2, -0.15) is 0 Å². The molecule has 7 nitrogen and oxygen atoms in total. The van der Waals surface area contributed by atoms with Crippen LogP contribution in [0.25, 0.3) is 0 Å². The molecule has 1 unspecified atom stereocenters. The van der Waals surface area contributed by atoms with Crippen LogP contribution in [0.15, 0.2) is 11.4 Å². The van der Waals surface area contributed by atoms with Crippen LogP contribution in [0.1, 0.15) is 10.4 Å². The molecule has 1 aromatic heterocycles. The third-order valence-electron chi connectivity index (χ3n) is 3.79. The number of nitrogens with one attached hydrogen (secondary N) is 1. The molecule has 3 heterocycles. The summed E-state index contributed by atoms with van der Waals surface area (Å²) in [5.74, 6) is -1.43. The Morgan fingerprint density at radius 3 is 2.95 bits per heavy atom. The van der Waals surface area contributed by atoms with E-state index in [0.717, 1.165) is 16.9 Å². The highest BCUT2D eigenvalue weighted by molar-refractivity contribution is 7.10. The fraction of sp³-hybridized carbons (Fsp3) is 0.462. The molecule has 8 heteroatoms. The third-order valence-corrected chi connectivity index (χ3v) is 4.81. The van der Waals surface area contributed by atoms with Crippen molar-refractivity contribution in [3.8, 4) is 0 Å². The SMILES string of the molecule is O=C1CN(C(=O)N2CCc3sccc3C2)C(C(=O)O)CN1. The van der Waals surface area contributed by atoms with Crippen LogP contribution in [0.2, 0.25) is 0 Å². The molecule has 0 saturated carbocycles. The Bertz CT molecular complexity index is 600. The van der Waals surface area contributed by atoms with Crippen LogP contribution >= 0.6 is 11.3 Å². The third kappa shape index (κ3) is 2.58. The van der Waals surface area contributed by atoms with Gasteiger partial charge in [0.2, 0.25) is 5.91 Å². The number of hydrogen-bond donors (Lipinski definition) is 2. The van der Waals surface area contributed by atoms with E-state index in [2.05, 4.69) is 5.32 Å². The molecule has 3 rings (SSSR count). The molecule has 21 heavy (non-hydrogen) atoms. The van der Waals surface area contributed by atoms with Gasteiger partial charge in [0, 0.05) is 24.5 Å². The topological polar surface area (TPSA) is 90.0 Å². The predicted molar refractivity (Wildman–Crippen MR) is 75.0 cm³/mol. The Balaban J connectivity index is 1.77. The number of carbonyl (C=O) groups excluding carboxylic acids is 2. The Labute approximate surface area is 125 Å². The monoisotopic (exact) mass is 309 g/mol. The zero-order valence-electron chi connectivity index (χ0n) is 11.2. The van der Waals surface area contributed by atoms with Crippen LogP contribution in [-0.4, -0.2) is 58.5 Å². The van der Waals surface area contributed by atoms with Gasteiger partial charge in [0.05, 0.1) is 0 Å². The minimum Gasteiger partial charge on any atom is -0.480 e. The van der Waals surface area contributed by atoms with E-state index in [0.29, 0.717) is 13.1 Å². The summed E-state index contributed by atoms with van der Waals surface area (Å²) in [5, 5.41) is 13.7. The summed E-state index contributed by atoms with van der Waals surface area (Å²) in [5.41, 5.74) is 1.10. The minimum atomic E-state index is -1.10. The Kier molecular flexibility index (Phi) is 3.54. The zero-order chi connectivity index (χ0) is 15.0. The first-order valence-corrected chi connectivity index (χ1v) is 7.54. The van der Waals surface area contributed by atoms with Gasteiger partial charge in [0.25, 0.3) is 0 Å². The van der Waals surface area contributed by atoms with E-state index in [9.17, 15) is 19.5 Å². The van der Waals surface area contributed by atoms with Crippen LogP contribution in [0.4, 0.5) is 4.79 Å². The average Bonchev–Trinajstić information content (AvgIpc) is 2.93. The van der Waals surface area contributed by atoms with Crippen molar-refractivity contribution in [2.75, 3.05) is 19.6 Å². The normalized spacial score (nSPS) is 21.7. The molecule has 0 aliphatic carbocycles. The van der Waals surface area contributed by atoms with Crippen molar-refractivity contribution in [1.82, 2.24) is 15.1 Å². The second kappa shape index (κ2) is 5.36. The number of carbonyl (C=O) groups is 3. The van der Waals surface area contributed by atoms with E-state index >= 15 is 0 Å². The fourth-order valence-corrected chi connectivity index (χ4v) is 3.55. The highest BCUT2D eigenvalue weighted by atomic mass is 32.1. The molecule has 0 bridgehead atoms. The molecule has 1 aromatic rings. The summed E-state index contributed by atoms with van der Waals surface area (Å²) in [6, 6.07) is 0.602. The van der Waals surface area contributed by atoms with Gasteiger partial charge in [-0.15, -0.1) is 11.3 Å². The number of carboxylic acids is 1. The maximum Gasteiger partial charge on any atom is 0.328 e. The highest BCUT2D eigenvalue weighted by Gasteiger charge is 2.38. The lowest BCUT2D eigenvalue weighted by atomic mass is 10.1. The fourth-order valence-electron chi connectivity index (χ4n) is 2.66. The van der Waals surface area contributed by atoms with Crippen molar-refractivity contribution in [3.63, 3.8) is 0 Å². The summed E-state index contributed by atoms with van der Waals surface area (Å²) < 4.78 is 0. The van der Waals surface area contributed by atoms with E-state index < -0.39 is 12.0 Å². The molecule has 2 N–H and O–H groups in total. The molecule has 0 spiro atoms. The summed E-state index contributed by atoms with van der Waals surface area (Å²) in [4.78, 5) is 39.3. The van der Waals surface area contributed by atoms with Gasteiger partial charge in [-0.25, -0.2) is 9.59 Å². The van der Waals surface area contributed by atoms with Crippen molar-refractivity contribution in [2.45, 2.75) is 19.0 Å². The second-order valence-corrected chi connectivity index (χ2v) is 6.11. The first-order chi connectivity index (χ1) is 10.1. The lowest BCUT2D eigenvalue weighted by molar-refractivity contribution is -0.144. The molecule has 112 valence electrons. The van der Waals surface area contributed by atoms with Crippen LogP contribution < -0.4 is 5.32 Å². The standard InChI is InChI=1S/C13H15N3O4S/c17-11-7-16(9(5-14-11)12(18)19)13(20)15-3-1-10-8(6-15)2-4-21-10/h2,4,9H,1,3,5-7H2,(H,14,17)(H,18,19). The van der Waals surface area contributed by atoms with E-state index in [1.165, 1.54) is 4.88 Å². The maximum absolute atomic E-state index is 12.6. The average molecular weight is 309 g/mol. The summed E-state index contributed by atoms with van der Waals surface area (Å²) >= 11 is 1.67. The number of fused-ring (bicyclic) bond motifs is 1. The van der Waals surface area contributed by atoms with Crippen molar-refractivity contribution >= 4 is 29.2 Å². The predicted octanol–water partition coefficient (Wildman–Crippen LogP) is 0.111. The van der Waals surface area contributed by atoms with Gasteiger partial charge in [-0.05, 0) is 23.4 Å². The summed E-state index contributed by atoms with van der Waals surface area (Å²) in [7, 11) is 0. The largest absolute Gasteiger partial charge is 0.480 e. The van der Waals surface area contributed by atoms with E-state index in [1.54, 1.807) is 16.2 Å². The van der Waals surface area contributed by atoms with Gasteiger partial charge in [-0.3, -0.25) is 9.69 Å². The van der Waals surface area contributed by atoms with Gasteiger partial charge in [0.15, 0.2) is 0 Å². The quantitative estimate of drug-likeness (QED) is 0.770. The second-order valence-electron chi connectivity index (χ2n) is 5.11. The van der Waals surface area contributed by atoms with Crippen molar-refractivity contribution in [3.05, 3.63) is 21.9 Å². The highest BCUT2D eigenvalue weighted by Crippen LogP contribution is 2.25. The van der Waals surface area contributed by atoms with Crippen LogP contribution in [0.5, 0.6) is 0 Å². The van der Waals surface area contributed by atoms with E-state index in [1.807, 2.05) is 11.4 Å². The molecular weight excluding hydrogens is 294 g/mol. The van der Waals surface area contributed by atoms with Crippen LogP contribution in [0.3, 0.4) is 0 Å². The summed E-state index contributed by atoms with van der Waals surface area (Å²) in [6.45, 7) is 0.777. The van der Waals surface area contributed by atoms with E-state index in [-0.39, 0.29) is 25.0 Å². The molecule has 0 radical (unpaired) electrons. The lowest BCUT2D eigenvalue weighted by Gasteiger charge is -2.37. The number of carboxylic acid groups (broad SMARTS) is 1. The molecule has 2 aliphatic heterocycles. The first-order valence-electron chi connectivity index (χ1n) is 6.66. The van der Waals surface area contributed by atoms with Gasteiger partial charge in [-0.1, -0.05) is 0 Å². The first kappa shape index (κ1) is 13.9. The number of rotatable bonds is 1. The van der Waals surface area contributed by atoms with Crippen molar-refractivity contribution in [1.29, 1.82) is 0 Å². The van der Waals surface area contributed by atoms with Gasteiger partial charge in [0.1, 0.15) is 12.6 Å². The van der Waals surface area contributed by atoms with Crippen LogP contribution in [0, 0.1) is 0 Å². The maximum atomic E-state index is 12.6. The summed E-state index contributed by atoms with van der Waals surface area (Å²) in [6.07, 6.45) is 0.774. The Hall–Kier alpha value is -2.09. The number of thiophene rings is 1. The van der Waals surface area contributed by atoms with Crippen molar-refractivity contribution in [2.24, 2.45) is 0 Å². The molecule has 1 fully saturated rings. The molecule has 0 aromatic carbocycles. The number of amides is 3. The Morgan fingerprint density at radius 2 is 2.19 bits per heavy atom. The van der Waals surface area contributed by atoms with Gasteiger partial charge < -0.3 is 15.3 Å². The minimum absolute atomic E-state index is 0.0442. The Morgan fingerprint density at radius 1 is 1.38 bits per heavy atom. The molecule has 1 saturated heterocycles. The molecular formula is C13H15N3O4S. The smallest absolute Gasteiger partial charge is 0.328 e. The molecule has 3 amide bonds. The van der Waals surface area contributed by atoms with Crippen LogP contribution in [-0.2, 0) is 22.6 Å². The number of nitrogens with zero attached hydrogens (tertiary/aromatic N) is 2. The number of urea groups is 1. The lowest BCUT2D eigenvalue weighted by Crippen LogP contribution is -2.62. The number of hydrogen-bond acceptors (Lipinski definition) is 4. The van der Waals surface area contributed by atoms with Crippen molar-refractivity contribution < 1.29 is 19.5 Å². The molecule has 2 aliphatic rings. The van der Waals surface area contributed by atoms with Gasteiger partial charge >= 0.3 is 12.0 Å². The number of piperazine rings is 1. The number of aliphatic carboxylic acids is 1. The zero-order valence-corrected chi connectivity index (χ0v) is 12.1.